The van der Waals surface area contributed by atoms with Crippen LogP contribution in [0.25, 0.3) is 0 Å². The lowest BCUT2D eigenvalue weighted by atomic mass is 9.68. The number of benzene rings is 1. The molecule has 0 radical (unpaired) electrons. The van der Waals surface area contributed by atoms with Crippen LogP contribution in [0.1, 0.15) is 69.4 Å². The first-order chi connectivity index (χ1) is 9.38. The van der Waals surface area contributed by atoms with Crippen molar-refractivity contribution >= 4 is 0 Å². The molecule has 0 saturated heterocycles. The second-order valence-corrected chi connectivity index (χ2v) is 7.88. The zero-order chi connectivity index (χ0) is 14.4. The normalized spacial score (nSPS) is 33.7. The van der Waals surface area contributed by atoms with Gasteiger partial charge >= 0.3 is 0 Å². The van der Waals surface area contributed by atoms with Crippen molar-refractivity contribution < 1.29 is 0 Å². The third-order valence-electron chi connectivity index (χ3n) is 5.55. The Hall–Kier alpha value is -0.860. The molecule has 2 aliphatic carbocycles. The summed E-state index contributed by atoms with van der Waals surface area (Å²) in [7, 11) is 0. The van der Waals surface area contributed by atoms with Crippen molar-refractivity contribution in [2.45, 2.75) is 69.9 Å². The Morgan fingerprint density at radius 1 is 1.00 bits per heavy atom. The summed E-state index contributed by atoms with van der Waals surface area (Å²) in [6.07, 6.45) is 7.17. The molecule has 2 nitrogen and oxygen atoms in total. The lowest BCUT2D eigenvalue weighted by molar-refractivity contribution is 0.211. The highest BCUT2D eigenvalue weighted by molar-refractivity contribution is 5.33. The van der Waals surface area contributed by atoms with Crippen LogP contribution in [0.5, 0.6) is 0 Å². The SMILES string of the molecule is CC1(C)CCC(c2ccc(C3(N)CC(N)C3)cc2)CC1. The van der Waals surface area contributed by atoms with Crippen LogP contribution in [-0.2, 0) is 5.54 Å². The molecule has 2 fully saturated rings. The van der Waals surface area contributed by atoms with Crippen LogP contribution in [0.3, 0.4) is 0 Å². The molecule has 0 amide bonds. The van der Waals surface area contributed by atoms with E-state index in [9.17, 15) is 0 Å². The summed E-state index contributed by atoms with van der Waals surface area (Å²) in [4.78, 5) is 0. The third-order valence-corrected chi connectivity index (χ3v) is 5.55. The fourth-order valence-electron chi connectivity index (χ4n) is 3.93. The van der Waals surface area contributed by atoms with Crippen LogP contribution >= 0.6 is 0 Å². The quantitative estimate of drug-likeness (QED) is 0.863. The summed E-state index contributed by atoms with van der Waals surface area (Å²) >= 11 is 0. The van der Waals surface area contributed by atoms with Gasteiger partial charge in [-0.3, -0.25) is 0 Å². The minimum atomic E-state index is -0.160. The molecular weight excluding hydrogens is 244 g/mol. The van der Waals surface area contributed by atoms with Gasteiger partial charge in [0, 0.05) is 11.6 Å². The van der Waals surface area contributed by atoms with Gasteiger partial charge in [-0.05, 0) is 61.0 Å². The van der Waals surface area contributed by atoms with E-state index >= 15 is 0 Å². The van der Waals surface area contributed by atoms with Crippen LogP contribution in [0, 0.1) is 5.41 Å². The van der Waals surface area contributed by atoms with Gasteiger partial charge in [-0.15, -0.1) is 0 Å². The summed E-state index contributed by atoms with van der Waals surface area (Å²) in [5.41, 5.74) is 15.4. The van der Waals surface area contributed by atoms with Gasteiger partial charge < -0.3 is 11.5 Å². The number of rotatable bonds is 2. The third kappa shape index (κ3) is 2.64. The summed E-state index contributed by atoms with van der Waals surface area (Å²) in [6, 6.07) is 9.37. The molecule has 0 atom stereocenters. The van der Waals surface area contributed by atoms with Crippen LogP contribution in [0.4, 0.5) is 0 Å². The molecule has 1 aromatic rings. The lowest BCUT2D eigenvalue weighted by Crippen LogP contribution is -2.55. The molecule has 2 aliphatic rings. The number of nitrogens with two attached hydrogens (primary N) is 2. The topological polar surface area (TPSA) is 52.0 Å². The van der Waals surface area contributed by atoms with Crippen LogP contribution < -0.4 is 11.5 Å². The van der Waals surface area contributed by atoms with Gasteiger partial charge in [0.25, 0.3) is 0 Å². The molecule has 0 aromatic heterocycles. The van der Waals surface area contributed by atoms with Gasteiger partial charge in [0.1, 0.15) is 0 Å². The largest absolute Gasteiger partial charge is 0.328 e. The van der Waals surface area contributed by atoms with Crippen molar-refractivity contribution in [1.82, 2.24) is 0 Å². The molecule has 2 saturated carbocycles. The van der Waals surface area contributed by atoms with Gasteiger partial charge in [0.2, 0.25) is 0 Å². The molecule has 0 spiro atoms. The molecule has 0 unspecified atom stereocenters. The monoisotopic (exact) mass is 272 g/mol. The van der Waals surface area contributed by atoms with Crippen molar-refractivity contribution in [3.8, 4) is 0 Å². The summed E-state index contributed by atoms with van der Waals surface area (Å²) in [5, 5.41) is 0. The maximum Gasteiger partial charge on any atom is 0.0439 e. The Bertz CT molecular complexity index is 459. The second kappa shape index (κ2) is 4.85. The minimum absolute atomic E-state index is 0.160. The van der Waals surface area contributed by atoms with Gasteiger partial charge in [-0.2, -0.15) is 0 Å². The number of hydrogen-bond donors (Lipinski definition) is 2. The first-order valence-electron chi connectivity index (χ1n) is 8.03. The van der Waals surface area contributed by atoms with Crippen molar-refractivity contribution in [2.75, 3.05) is 0 Å². The molecule has 0 bridgehead atoms. The fourth-order valence-corrected chi connectivity index (χ4v) is 3.93. The highest BCUT2D eigenvalue weighted by atomic mass is 14.9. The van der Waals surface area contributed by atoms with E-state index in [2.05, 4.69) is 38.1 Å². The number of hydrogen-bond acceptors (Lipinski definition) is 2. The molecule has 1 aromatic carbocycles. The van der Waals surface area contributed by atoms with E-state index in [1.54, 1.807) is 0 Å². The van der Waals surface area contributed by atoms with Crippen molar-refractivity contribution in [3.05, 3.63) is 35.4 Å². The Labute approximate surface area is 122 Å². The van der Waals surface area contributed by atoms with Gasteiger partial charge in [0.15, 0.2) is 0 Å². The predicted octanol–water partition coefficient (Wildman–Crippen LogP) is 3.65. The molecule has 20 heavy (non-hydrogen) atoms. The minimum Gasteiger partial charge on any atom is -0.328 e. The summed E-state index contributed by atoms with van der Waals surface area (Å²) < 4.78 is 0. The van der Waals surface area contributed by atoms with Gasteiger partial charge in [-0.25, -0.2) is 0 Å². The highest BCUT2D eigenvalue weighted by Crippen LogP contribution is 2.43. The van der Waals surface area contributed by atoms with Crippen LogP contribution in [0.15, 0.2) is 24.3 Å². The molecule has 3 rings (SSSR count). The second-order valence-electron chi connectivity index (χ2n) is 7.88. The summed E-state index contributed by atoms with van der Waals surface area (Å²) in [5.74, 6) is 0.745. The molecular formula is C18H28N2. The van der Waals surface area contributed by atoms with E-state index in [-0.39, 0.29) is 5.54 Å². The van der Waals surface area contributed by atoms with E-state index in [0.29, 0.717) is 11.5 Å². The smallest absolute Gasteiger partial charge is 0.0439 e. The zero-order valence-corrected chi connectivity index (χ0v) is 12.9. The Morgan fingerprint density at radius 2 is 1.55 bits per heavy atom. The lowest BCUT2D eigenvalue weighted by Gasteiger charge is -2.43. The van der Waals surface area contributed by atoms with E-state index in [0.717, 1.165) is 18.8 Å². The van der Waals surface area contributed by atoms with Crippen LogP contribution in [0.2, 0.25) is 0 Å². The average Bonchev–Trinajstić information content (AvgIpc) is 2.37. The molecule has 0 heterocycles. The Morgan fingerprint density at radius 3 is 2.05 bits per heavy atom. The standard InChI is InChI=1S/C18H28N2/c1-17(2)9-7-14(8-10-17)13-3-5-15(6-4-13)18(20)11-16(19)12-18/h3-6,14,16H,7-12,19-20H2,1-2H3. The van der Waals surface area contributed by atoms with Gasteiger partial charge in [0.05, 0.1) is 0 Å². The highest BCUT2D eigenvalue weighted by Gasteiger charge is 2.40. The zero-order valence-electron chi connectivity index (χ0n) is 12.9. The van der Waals surface area contributed by atoms with Gasteiger partial charge in [-0.1, -0.05) is 38.1 Å². The molecule has 0 aliphatic heterocycles. The Kier molecular flexibility index (Phi) is 3.42. The maximum absolute atomic E-state index is 6.40. The van der Waals surface area contributed by atoms with E-state index in [4.69, 9.17) is 11.5 Å². The maximum atomic E-state index is 6.40. The van der Waals surface area contributed by atoms with E-state index in [1.165, 1.54) is 36.8 Å². The van der Waals surface area contributed by atoms with E-state index < -0.39 is 0 Å². The van der Waals surface area contributed by atoms with Crippen molar-refractivity contribution in [2.24, 2.45) is 16.9 Å². The van der Waals surface area contributed by atoms with Crippen molar-refractivity contribution in [3.63, 3.8) is 0 Å². The Balaban J connectivity index is 1.68. The fraction of sp³-hybridized carbons (Fsp3) is 0.667. The first kappa shape index (κ1) is 14.1. The first-order valence-corrected chi connectivity index (χ1v) is 8.03. The van der Waals surface area contributed by atoms with E-state index in [1.807, 2.05) is 0 Å². The molecule has 110 valence electrons. The predicted molar refractivity (Wildman–Crippen MR) is 84.5 cm³/mol. The molecule has 2 heteroatoms. The average molecular weight is 272 g/mol. The summed E-state index contributed by atoms with van der Waals surface area (Å²) in [6.45, 7) is 4.79. The van der Waals surface area contributed by atoms with Crippen LogP contribution in [-0.4, -0.2) is 6.04 Å². The molecule has 4 N–H and O–H groups in total. The van der Waals surface area contributed by atoms with Crippen molar-refractivity contribution in [1.29, 1.82) is 0 Å².